The van der Waals surface area contributed by atoms with Crippen molar-refractivity contribution in [2.75, 3.05) is 25.1 Å². The third kappa shape index (κ3) is 3.25. The first-order chi connectivity index (χ1) is 9.80. The molecule has 4 nitrogen and oxygen atoms in total. The molecule has 1 saturated carbocycles. The molecule has 0 bridgehead atoms. The van der Waals surface area contributed by atoms with Gasteiger partial charge < -0.3 is 14.6 Å². The molecule has 0 unspecified atom stereocenters. The highest BCUT2D eigenvalue weighted by atomic mass is 16.5. The molecule has 1 aromatic heterocycles. The Bertz CT molecular complexity index is 462. The van der Waals surface area contributed by atoms with Crippen LogP contribution in [0.25, 0.3) is 0 Å². The Morgan fingerprint density at radius 2 is 1.95 bits per heavy atom. The molecule has 120 valence electrons. The predicted octanol–water partition coefficient (Wildman–Crippen LogP) is 3.71. The lowest BCUT2D eigenvalue weighted by Crippen LogP contribution is -2.12. The third-order valence-corrected chi connectivity index (χ3v) is 5.55. The second-order valence-electron chi connectivity index (χ2n) is 7.33. The maximum absolute atomic E-state index is 5.37. The maximum Gasteiger partial charge on any atom is 0.203 e. The summed E-state index contributed by atoms with van der Waals surface area (Å²) >= 11 is 0. The van der Waals surface area contributed by atoms with E-state index in [1.165, 1.54) is 0 Å². The van der Waals surface area contributed by atoms with Gasteiger partial charge in [-0.3, -0.25) is 0 Å². The van der Waals surface area contributed by atoms with Crippen LogP contribution in [0.4, 0.5) is 5.95 Å². The normalized spacial score (nSPS) is 19.7. The lowest BCUT2D eigenvalue weighted by Gasteiger charge is -2.11. The third-order valence-electron chi connectivity index (χ3n) is 5.55. The van der Waals surface area contributed by atoms with E-state index < -0.39 is 0 Å². The summed E-state index contributed by atoms with van der Waals surface area (Å²) in [5.41, 5.74) is 1.91. The van der Waals surface area contributed by atoms with Crippen LogP contribution < -0.4 is 5.32 Å². The largest absolute Gasteiger partial charge is 0.382 e. The lowest BCUT2D eigenvalue weighted by atomic mass is 10.0. The number of anilines is 1. The summed E-state index contributed by atoms with van der Waals surface area (Å²) in [5, 5.41) is 3.45. The fourth-order valence-corrected chi connectivity index (χ4v) is 3.33. The molecule has 0 spiro atoms. The fraction of sp³-hybridized carbons (Fsp3) is 0.824. The molecule has 1 aliphatic carbocycles. The maximum atomic E-state index is 5.37. The number of rotatable bonds is 8. The van der Waals surface area contributed by atoms with Crippen LogP contribution >= 0.6 is 0 Å². The summed E-state index contributed by atoms with van der Waals surface area (Å²) in [6.07, 6.45) is 3.18. The van der Waals surface area contributed by atoms with Crippen molar-refractivity contribution in [3.05, 3.63) is 11.9 Å². The van der Waals surface area contributed by atoms with Gasteiger partial charge in [0.05, 0.1) is 5.69 Å². The highest BCUT2D eigenvalue weighted by Crippen LogP contribution is 2.68. The molecule has 0 amide bonds. The molecule has 1 fully saturated rings. The van der Waals surface area contributed by atoms with E-state index in [0.29, 0.717) is 16.7 Å². The van der Waals surface area contributed by atoms with Gasteiger partial charge in [-0.05, 0) is 37.0 Å². The number of nitrogens with one attached hydrogen (secondary N) is 1. The number of ether oxygens (including phenoxy) is 1. The summed E-state index contributed by atoms with van der Waals surface area (Å²) < 4.78 is 7.66. The van der Waals surface area contributed by atoms with Gasteiger partial charge in [0.25, 0.3) is 0 Å². The Kier molecular flexibility index (Phi) is 4.66. The Balaban J connectivity index is 1.92. The van der Waals surface area contributed by atoms with Crippen molar-refractivity contribution in [3.63, 3.8) is 0 Å². The summed E-state index contributed by atoms with van der Waals surface area (Å²) in [6, 6.07) is 0. The zero-order valence-corrected chi connectivity index (χ0v) is 14.5. The van der Waals surface area contributed by atoms with Crippen molar-refractivity contribution in [3.8, 4) is 0 Å². The molecule has 0 saturated heterocycles. The minimum absolute atomic E-state index is 0.414. The van der Waals surface area contributed by atoms with E-state index in [2.05, 4.69) is 55.7 Å². The van der Waals surface area contributed by atoms with Crippen LogP contribution in [0.2, 0.25) is 0 Å². The second kappa shape index (κ2) is 5.99. The summed E-state index contributed by atoms with van der Waals surface area (Å²) in [6.45, 7) is 17.1. The summed E-state index contributed by atoms with van der Waals surface area (Å²) in [4.78, 5) is 4.62. The highest BCUT2D eigenvalue weighted by Gasteiger charge is 2.64. The van der Waals surface area contributed by atoms with Gasteiger partial charge in [-0.2, -0.15) is 0 Å². The Morgan fingerprint density at radius 3 is 2.52 bits per heavy atom. The number of imidazole rings is 1. The first-order valence-electron chi connectivity index (χ1n) is 8.16. The van der Waals surface area contributed by atoms with E-state index in [1.54, 1.807) is 0 Å². The molecule has 21 heavy (non-hydrogen) atoms. The number of aromatic nitrogens is 2. The SMILES string of the molecule is CCOCCCNc1nc(C)cn1CC1C(C)(C)C1(C)C. The van der Waals surface area contributed by atoms with Gasteiger partial charge in [0, 0.05) is 32.5 Å². The molecule has 0 aromatic carbocycles. The van der Waals surface area contributed by atoms with Gasteiger partial charge in [-0.1, -0.05) is 27.7 Å². The van der Waals surface area contributed by atoms with Gasteiger partial charge in [0.1, 0.15) is 0 Å². The van der Waals surface area contributed by atoms with Crippen LogP contribution in [0.15, 0.2) is 6.20 Å². The van der Waals surface area contributed by atoms with Crippen molar-refractivity contribution in [2.24, 2.45) is 16.7 Å². The number of aryl methyl sites for hydroxylation is 1. The second-order valence-corrected chi connectivity index (χ2v) is 7.33. The first-order valence-corrected chi connectivity index (χ1v) is 8.16. The molecule has 4 heteroatoms. The van der Waals surface area contributed by atoms with E-state index in [4.69, 9.17) is 4.74 Å². The number of hydrogen-bond acceptors (Lipinski definition) is 3. The van der Waals surface area contributed by atoms with E-state index in [9.17, 15) is 0 Å². The minimum Gasteiger partial charge on any atom is -0.382 e. The predicted molar refractivity (Wildman–Crippen MR) is 87.6 cm³/mol. The zero-order valence-electron chi connectivity index (χ0n) is 14.5. The van der Waals surface area contributed by atoms with E-state index in [1.807, 2.05) is 6.92 Å². The van der Waals surface area contributed by atoms with Gasteiger partial charge in [0.15, 0.2) is 0 Å². The molecule has 1 N–H and O–H groups in total. The van der Waals surface area contributed by atoms with Crippen molar-refractivity contribution in [1.82, 2.24) is 9.55 Å². The number of hydrogen-bond donors (Lipinski definition) is 1. The molecule has 1 aromatic rings. The Hall–Kier alpha value is -1.03. The van der Waals surface area contributed by atoms with Crippen molar-refractivity contribution in [2.45, 2.75) is 54.5 Å². The molecule has 0 atom stereocenters. The van der Waals surface area contributed by atoms with Crippen LogP contribution in [-0.2, 0) is 11.3 Å². The molecule has 1 heterocycles. The van der Waals surface area contributed by atoms with Gasteiger partial charge >= 0.3 is 0 Å². The van der Waals surface area contributed by atoms with Crippen molar-refractivity contribution >= 4 is 5.95 Å². The van der Waals surface area contributed by atoms with E-state index >= 15 is 0 Å². The van der Waals surface area contributed by atoms with Gasteiger partial charge in [-0.25, -0.2) is 4.98 Å². The number of nitrogens with zero attached hydrogens (tertiary/aromatic N) is 2. The Labute approximate surface area is 129 Å². The topological polar surface area (TPSA) is 39.1 Å². The highest BCUT2D eigenvalue weighted by molar-refractivity contribution is 5.29. The molecule has 2 rings (SSSR count). The average Bonchev–Trinajstić information content (AvgIpc) is 2.70. The molecule has 0 aliphatic heterocycles. The fourth-order valence-electron chi connectivity index (χ4n) is 3.33. The molecule has 0 radical (unpaired) electrons. The van der Waals surface area contributed by atoms with Crippen LogP contribution in [-0.4, -0.2) is 29.3 Å². The van der Waals surface area contributed by atoms with E-state index in [-0.39, 0.29) is 0 Å². The summed E-state index contributed by atoms with van der Waals surface area (Å²) in [5.74, 6) is 1.71. The monoisotopic (exact) mass is 293 g/mol. The van der Waals surface area contributed by atoms with Crippen molar-refractivity contribution < 1.29 is 4.74 Å². The Morgan fingerprint density at radius 1 is 1.29 bits per heavy atom. The van der Waals surface area contributed by atoms with Crippen molar-refractivity contribution in [1.29, 1.82) is 0 Å². The minimum atomic E-state index is 0.414. The van der Waals surface area contributed by atoms with Crippen LogP contribution in [0, 0.1) is 23.7 Å². The van der Waals surface area contributed by atoms with Crippen LogP contribution in [0.1, 0.15) is 46.7 Å². The van der Waals surface area contributed by atoms with Crippen LogP contribution in [0.3, 0.4) is 0 Å². The lowest BCUT2D eigenvalue weighted by molar-refractivity contribution is 0.147. The smallest absolute Gasteiger partial charge is 0.203 e. The zero-order chi connectivity index (χ0) is 15.7. The standard InChI is InChI=1S/C17H31N3O/c1-7-21-10-8-9-18-15-19-13(2)11-20(15)12-14-16(3,4)17(14,5)6/h11,14H,7-10,12H2,1-6H3,(H,18,19). The molecular weight excluding hydrogens is 262 g/mol. The van der Waals surface area contributed by atoms with E-state index in [0.717, 1.165) is 44.4 Å². The average molecular weight is 293 g/mol. The van der Waals surface area contributed by atoms with Gasteiger partial charge in [0.2, 0.25) is 5.95 Å². The molecular formula is C17H31N3O. The first kappa shape index (κ1) is 16.3. The van der Waals surface area contributed by atoms with Crippen LogP contribution in [0.5, 0.6) is 0 Å². The quantitative estimate of drug-likeness (QED) is 0.743. The summed E-state index contributed by atoms with van der Waals surface area (Å²) in [7, 11) is 0. The molecule has 1 aliphatic rings. The van der Waals surface area contributed by atoms with Gasteiger partial charge in [-0.15, -0.1) is 0 Å².